The van der Waals surface area contributed by atoms with Gasteiger partial charge in [0.15, 0.2) is 5.78 Å². The van der Waals surface area contributed by atoms with E-state index in [2.05, 4.69) is 5.32 Å². The molecule has 0 radical (unpaired) electrons. The highest BCUT2D eigenvalue weighted by Gasteiger charge is 2.36. The first-order valence-electron chi connectivity index (χ1n) is 4.70. The molecule has 0 spiro atoms. The van der Waals surface area contributed by atoms with Crippen molar-refractivity contribution in [2.45, 2.75) is 39.7 Å². The molecule has 82 valence electrons. The Kier molecular flexibility index (Phi) is 4.74. The van der Waals surface area contributed by atoms with Crippen molar-refractivity contribution in [3.05, 3.63) is 0 Å². The number of amides is 1. The van der Waals surface area contributed by atoms with Gasteiger partial charge in [0, 0.05) is 6.92 Å². The van der Waals surface area contributed by atoms with Crippen LogP contribution in [0.4, 0.5) is 4.39 Å². The lowest BCUT2D eigenvalue weighted by Crippen LogP contribution is -2.55. The molecular weight excluding hydrogens is 185 g/mol. The number of rotatable bonds is 5. The zero-order valence-electron chi connectivity index (χ0n) is 9.19. The maximum atomic E-state index is 12.8. The molecule has 14 heavy (non-hydrogen) atoms. The topological polar surface area (TPSA) is 46.2 Å². The van der Waals surface area contributed by atoms with Crippen LogP contribution in [0.3, 0.4) is 0 Å². The van der Waals surface area contributed by atoms with Crippen LogP contribution in [0, 0.1) is 5.92 Å². The van der Waals surface area contributed by atoms with Gasteiger partial charge in [-0.25, -0.2) is 4.39 Å². The lowest BCUT2D eigenvalue weighted by atomic mass is 9.86. The van der Waals surface area contributed by atoms with Crippen LogP contribution in [0.15, 0.2) is 0 Å². The van der Waals surface area contributed by atoms with Crippen molar-refractivity contribution >= 4 is 11.7 Å². The molecule has 0 fully saturated rings. The Morgan fingerprint density at radius 1 is 1.36 bits per heavy atom. The van der Waals surface area contributed by atoms with Gasteiger partial charge in [-0.15, -0.1) is 0 Å². The SMILES string of the molecule is CC(=O)NC(CF)(CC(C)C)C(C)=O. The monoisotopic (exact) mass is 203 g/mol. The fourth-order valence-corrected chi connectivity index (χ4v) is 1.50. The molecule has 1 unspecified atom stereocenters. The zero-order valence-corrected chi connectivity index (χ0v) is 9.19. The average Bonchev–Trinajstić information content (AvgIpc) is 2.00. The van der Waals surface area contributed by atoms with E-state index in [1.54, 1.807) is 0 Å². The minimum atomic E-state index is -1.32. The van der Waals surface area contributed by atoms with Crippen LogP contribution < -0.4 is 5.32 Å². The fourth-order valence-electron chi connectivity index (χ4n) is 1.50. The van der Waals surface area contributed by atoms with E-state index in [0.29, 0.717) is 6.42 Å². The second-order valence-corrected chi connectivity index (χ2v) is 4.05. The van der Waals surface area contributed by atoms with Crippen molar-refractivity contribution in [1.29, 1.82) is 0 Å². The molecule has 0 aromatic rings. The Labute approximate surface area is 84.1 Å². The Bertz CT molecular complexity index is 228. The van der Waals surface area contributed by atoms with Gasteiger partial charge in [-0.3, -0.25) is 9.59 Å². The first kappa shape index (κ1) is 13.1. The molecule has 0 saturated carbocycles. The third kappa shape index (κ3) is 3.44. The standard InChI is InChI=1S/C10H18FNO2/c1-7(2)5-10(6-11,8(3)13)12-9(4)14/h7H,5-6H2,1-4H3,(H,12,14). The predicted octanol–water partition coefficient (Wildman–Crippen LogP) is 1.47. The van der Waals surface area contributed by atoms with Gasteiger partial charge in [0.05, 0.1) is 0 Å². The molecule has 0 aliphatic heterocycles. The van der Waals surface area contributed by atoms with Crippen LogP contribution in [-0.4, -0.2) is 23.9 Å². The third-order valence-electron chi connectivity index (χ3n) is 2.07. The van der Waals surface area contributed by atoms with Crippen molar-refractivity contribution < 1.29 is 14.0 Å². The molecule has 0 bridgehead atoms. The summed E-state index contributed by atoms with van der Waals surface area (Å²) >= 11 is 0. The molecule has 3 nitrogen and oxygen atoms in total. The summed E-state index contributed by atoms with van der Waals surface area (Å²) in [6.07, 6.45) is 0.332. The number of alkyl halides is 1. The maximum absolute atomic E-state index is 12.8. The fraction of sp³-hybridized carbons (Fsp3) is 0.800. The summed E-state index contributed by atoms with van der Waals surface area (Å²) in [5.74, 6) is -0.552. The molecule has 0 rings (SSSR count). The minimum absolute atomic E-state index is 0.154. The lowest BCUT2D eigenvalue weighted by Gasteiger charge is -2.30. The van der Waals surface area contributed by atoms with Crippen LogP contribution in [0.2, 0.25) is 0 Å². The number of carbonyl (C=O) groups excluding carboxylic acids is 2. The highest BCUT2D eigenvalue weighted by molar-refractivity contribution is 5.90. The largest absolute Gasteiger partial charge is 0.341 e. The van der Waals surface area contributed by atoms with E-state index >= 15 is 0 Å². The van der Waals surface area contributed by atoms with Gasteiger partial charge in [-0.1, -0.05) is 13.8 Å². The average molecular weight is 203 g/mol. The number of hydrogen-bond acceptors (Lipinski definition) is 2. The first-order valence-corrected chi connectivity index (χ1v) is 4.70. The van der Waals surface area contributed by atoms with Crippen molar-refractivity contribution in [1.82, 2.24) is 5.32 Å². The molecule has 1 amide bonds. The summed E-state index contributed by atoms with van der Waals surface area (Å²) in [5, 5.41) is 2.41. The van der Waals surface area contributed by atoms with Crippen LogP contribution in [-0.2, 0) is 9.59 Å². The summed E-state index contributed by atoms with van der Waals surface area (Å²) in [7, 11) is 0. The third-order valence-corrected chi connectivity index (χ3v) is 2.07. The van der Waals surface area contributed by atoms with E-state index < -0.39 is 12.2 Å². The molecule has 1 atom stereocenters. The summed E-state index contributed by atoms with van der Waals surface area (Å²) in [6, 6.07) is 0. The second-order valence-electron chi connectivity index (χ2n) is 4.05. The number of ketones is 1. The molecule has 0 aliphatic rings. The summed E-state index contributed by atoms with van der Waals surface area (Å²) in [6.45, 7) is 5.51. The Morgan fingerprint density at radius 2 is 1.86 bits per heavy atom. The van der Waals surface area contributed by atoms with Gasteiger partial charge in [0.1, 0.15) is 12.2 Å². The van der Waals surface area contributed by atoms with E-state index in [1.807, 2.05) is 13.8 Å². The van der Waals surface area contributed by atoms with Crippen LogP contribution in [0.25, 0.3) is 0 Å². The van der Waals surface area contributed by atoms with E-state index in [1.165, 1.54) is 13.8 Å². The zero-order chi connectivity index (χ0) is 11.4. The van der Waals surface area contributed by atoms with E-state index in [9.17, 15) is 14.0 Å². The molecule has 0 aromatic heterocycles. The van der Waals surface area contributed by atoms with Gasteiger partial charge in [-0.2, -0.15) is 0 Å². The molecule has 4 heteroatoms. The normalized spacial score (nSPS) is 15.0. The highest BCUT2D eigenvalue weighted by atomic mass is 19.1. The van der Waals surface area contributed by atoms with Gasteiger partial charge < -0.3 is 5.32 Å². The molecular formula is C10H18FNO2. The Morgan fingerprint density at radius 3 is 2.07 bits per heavy atom. The first-order chi connectivity index (χ1) is 6.34. The minimum Gasteiger partial charge on any atom is -0.341 e. The van der Waals surface area contributed by atoms with Crippen molar-refractivity contribution in [2.24, 2.45) is 5.92 Å². The Hall–Kier alpha value is -0.930. The number of Topliss-reactive ketones (excluding diaryl/α,β-unsaturated/α-hetero) is 1. The predicted molar refractivity (Wildman–Crippen MR) is 52.7 cm³/mol. The molecule has 0 aliphatic carbocycles. The van der Waals surface area contributed by atoms with Crippen LogP contribution in [0.1, 0.15) is 34.1 Å². The molecule has 0 saturated heterocycles. The second kappa shape index (κ2) is 5.08. The van der Waals surface area contributed by atoms with E-state index in [0.717, 1.165) is 0 Å². The van der Waals surface area contributed by atoms with Gasteiger partial charge >= 0.3 is 0 Å². The molecule has 0 aromatic carbocycles. The van der Waals surface area contributed by atoms with Crippen molar-refractivity contribution in [3.8, 4) is 0 Å². The Balaban J connectivity index is 4.78. The van der Waals surface area contributed by atoms with Crippen LogP contribution in [0.5, 0.6) is 0 Å². The summed E-state index contributed by atoms with van der Waals surface area (Å²) in [5.41, 5.74) is -1.32. The van der Waals surface area contributed by atoms with Crippen molar-refractivity contribution in [2.75, 3.05) is 6.67 Å². The molecule has 1 N–H and O–H groups in total. The molecule has 0 heterocycles. The summed E-state index contributed by atoms with van der Waals surface area (Å²) < 4.78 is 12.8. The number of hydrogen-bond donors (Lipinski definition) is 1. The van der Waals surface area contributed by atoms with E-state index in [4.69, 9.17) is 0 Å². The number of carbonyl (C=O) groups is 2. The van der Waals surface area contributed by atoms with E-state index in [-0.39, 0.29) is 17.6 Å². The smallest absolute Gasteiger partial charge is 0.217 e. The number of halogens is 1. The quantitative estimate of drug-likeness (QED) is 0.735. The summed E-state index contributed by atoms with van der Waals surface area (Å²) in [4.78, 5) is 22.2. The van der Waals surface area contributed by atoms with Gasteiger partial charge in [-0.05, 0) is 19.3 Å². The maximum Gasteiger partial charge on any atom is 0.217 e. The van der Waals surface area contributed by atoms with Crippen molar-refractivity contribution in [3.63, 3.8) is 0 Å². The lowest BCUT2D eigenvalue weighted by molar-refractivity contribution is -0.131. The van der Waals surface area contributed by atoms with Gasteiger partial charge in [0.2, 0.25) is 5.91 Å². The van der Waals surface area contributed by atoms with Crippen LogP contribution >= 0.6 is 0 Å². The number of nitrogens with one attached hydrogen (secondary N) is 1. The highest BCUT2D eigenvalue weighted by Crippen LogP contribution is 2.19. The van der Waals surface area contributed by atoms with Gasteiger partial charge in [0.25, 0.3) is 0 Å².